The van der Waals surface area contributed by atoms with E-state index in [2.05, 4.69) is 29.7 Å². The SMILES string of the molecule is Cc1cccc(NC(=O)CSCC(=O)NCC(C)c2ccccc2)c1. The first kappa shape index (κ1) is 19.1. The molecule has 0 heterocycles. The number of hydrogen-bond donors (Lipinski definition) is 2. The fraction of sp³-hybridized carbons (Fsp3) is 0.300. The van der Waals surface area contributed by atoms with E-state index in [-0.39, 0.29) is 29.2 Å². The molecule has 0 aliphatic carbocycles. The Labute approximate surface area is 153 Å². The van der Waals surface area contributed by atoms with Crippen molar-refractivity contribution < 1.29 is 9.59 Å². The van der Waals surface area contributed by atoms with E-state index in [9.17, 15) is 9.59 Å². The predicted molar refractivity (Wildman–Crippen MR) is 105 cm³/mol. The van der Waals surface area contributed by atoms with Crippen LogP contribution in [0, 0.1) is 6.92 Å². The maximum absolute atomic E-state index is 11.9. The van der Waals surface area contributed by atoms with Gasteiger partial charge in [-0.25, -0.2) is 0 Å². The smallest absolute Gasteiger partial charge is 0.234 e. The van der Waals surface area contributed by atoms with Crippen LogP contribution in [0.25, 0.3) is 0 Å². The molecule has 0 fully saturated rings. The van der Waals surface area contributed by atoms with Gasteiger partial charge < -0.3 is 10.6 Å². The van der Waals surface area contributed by atoms with Gasteiger partial charge in [-0.3, -0.25) is 9.59 Å². The van der Waals surface area contributed by atoms with Crippen molar-refractivity contribution in [2.45, 2.75) is 19.8 Å². The maximum Gasteiger partial charge on any atom is 0.234 e. The van der Waals surface area contributed by atoms with Crippen molar-refractivity contribution in [1.29, 1.82) is 0 Å². The normalized spacial score (nSPS) is 11.6. The van der Waals surface area contributed by atoms with E-state index < -0.39 is 0 Å². The van der Waals surface area contributed by atoms with E-state index in [4.69, 9.17) is 0 Å². The molecule has 0 bridgehead atoms. The molecule has 2 rings (SSSR count). The van der Waals surface area contributed by atoms with E-state index in [1.807, 2.05) is 49.4 Å². The molecule has 1 atom stereocenters. The summed E-state index contributed by atoms with van der Waals surface area (Å²) in [7, 11) is 0. The molecule has 5 heteroatoms. The average molecular weight is 356 g/mol. The number of hydrogen-bond acceptors (Lipinski definition) is 3. The Hall–Kier alpha value is -2.27. The van der Waals surface area contributed by atoms with E-state index >= 15 is 0 Å². The molecule has 0 saturated heterocycles. The van der Waals surface area contributed by atoms with Crippen LogP contribution in [0.1, 0.15) is 24.0 Å². The van der Waals surface area contributed by atoms with Crippen molar-refractivity contribution in [3.63, 3.8) is 0 Å². The molecule has 2 amide bonds. The Kier molecular flexibility index (Phi) is 7.54. The lowest BCUT2D eigenvalue weighted by Gasteiger charge is -2.13. The van der Waals surface area contributed by atoms with Gasteiger partial charge in [-0.2, -0.15) is 0 Å². The number of carbonyl (C=O) groups excluding carboxylic acids is 2. The number of rotatable bonds is 8. The fourth-order valence-corrected chi connectivity index (χ4v) is 3.02. The van der Waals surface area contributed by atoms with Gasteiger partial charge in [0.05, 0.1) is 11.5 Å². The van der Waals surface area contributed by atoms with Crippen LogP contribution >= 0.6 is 11.8 Å². The van der Waals surface area contributed by atoms with Crippen LogP contribution in [0.2, 0.25) is 0 Å². The number of amides is 2. The Morgan fingerprint density at radius 1 is 1.00 bits per heavy atom. The molecule has 0 aliphatic rings. The summed E-state index contributed by atoms with van der Waals surface area (Å²) in [5, 5.41) is 5.76. The van der Waals surface area contributed by atoms with Crippen molar-refractivity contribution in [1.82, 2.24) is 5.32 Å². The van der Waals surface area contributed by atoms with Crippen molar-refractivity contribution in [2.75, 3.05) is 23.4 Å². The largest absolute Gasteiger partial charge is 0.355 e. The predicted octanol–water partition coefficient (Wildman–Crippen LogP) is 3.59. The number of nitrogens with one attached hydrogen (secondary N) is 2. The van der Waals surface area contributed by atoms with Gasteiger partial charge in [0.1, 0.15) is 0 Å². The lowest BCUT2D eigenvalue weighted by Crippen LogP contribution is -2.29. The molecule has 2 aromatic carbocycles. The molecule has 2 aromatic rings. The van der Waals surface area contributed by atoms with Crippen LogP contribution in [0.15, 0.2) is 54.6 Å². The van der Waals surface area contributed by atoms with Gasteiger partial charge in [0.25, 0.3) is 0 Å². The number of anilines is 1. The van der Waals surface area contributed by atoms with E-state index in [0.29, 0.717) is 6.54 Å². The highest BCUT2D eigenvalue weighted by Crippen LogP contribution is 2.13. The third kappa shape index (κ3) is 7.01. The van der Waals surface area contributed by atoms with Crippen molar-refractivity contribution in [3.8, 4) is 0 Å². The van der Waals surface area contributed by atoms with Gasteiger partial charge in [-0.15, -0.1) is 11.8 Å². The second kappa shape index (κ2) is 9.89. The van der Waals surface area contributed by atoms with Crippen LogP contribution in [0.5, 0.6) is 0 Å². The lowest BCUT2D eigenvalue weighted by atomic mass is 10.0. The van der Waals surface area contributed by atoms with E-state index in [1.165, 1.54) is 17.3 Å². The molecule has 0 saturated carbocycles. The Bertz CT molecular complexity index is 704. The third-order valence-corrected chi connectivity index (χ3v) is 4.67. The van der Waals surface area contributed by atoms with Crippen molar-refractivity contribution in [3.05, 3.63) is 65.7 Å². The highest BCUT2D eigenvalue weighted by atomic mass is 32.2. The first-order valence-corrected chi connectivity index (χ1v) is 9.46. The number of carbonyl (C=O) groups is 2. The maximum atomic E-state index is 11.9. The molecule has 1 unspecified atom stereocenters. The van der Waals surface area contributed by atoms with E-state index in [0.717, 1.165) is 11.3 Å². The van der Waals surface area contributed by atoms with Crippen molar-refractivity contribution >= 4 is 29.3 Å². The first-order chi connectivity index (χ1) is 12.0. The molecular weight excluding hydrogens is 332 g/mol. The molecule has 132 valence electrons. The zero-order valence-corrected chi connectivity index (χ0v) is 15.4. The minimum atomic E-state index is -0.0962. The van der Waals surface area contributed by atoms with Crippen LogP contribution < -0.4 is 10.6 Å². The summed E-state index contributed by atoms with van der Waals surface area (Å²) in [5.41, 5.74) is 3.08. The topological polar surface area (TPSA) is 58.2 Å². The van der Waals surface area contributed by atoms with Crippen LogP contribution in [-0.2, 0) is 9.59 Å². The van der Waals surface area contributed by atoms with Crippen LogP contribution in [-0.4, -0.2) is 29.9 Å². The van der Waals surface area contributed by atoms with Crippen LogP contribution in [0.3, 0.4) is 0 Å². The molecule has 0 aliphatic heterocycles. The van der Waals surface area contributed by atoms with Crippen molar-refractivity contribution in [2.24, 2.45) is 0 Å². The molecule has 25 heavy (non-hydrogen) atoms. The quantitative estimate of drug-likeness (QED) is 0.760. The van der Waals surface area contributed by atoms with Gasteiger partial charge in [0.15, 0.2) is 0 Å². The van der Waals surface area contributed by atoms with Crippen LogP contribution in [0.4, 0.5) is 5.69 Å². The van der Waals surface area contributed by atoms with E-state index in [1.54, 1.807) is 0 Å². The fourth-order valence-electron chi connectivity index (χ4n) is 2.37. The van der Waals surface area contributed by atoms with Gasteiger partial charge >= 0.3 is 0 Å². The summed E-state index contributed by atoms with van der Waals surface area (Å²) in [6, 6.07) is 17.7. The van der Waals surface area contributed by atoms with Gasteiger partial charge in [-0.05, 0) is 36.1 Å². The summed E-state index contributed by atoms with van der Waals surface area (Å²) >= 11 is 1.32. The summed E-state index contributed by atoms with van der Waals surface area (Å²) in [4.78, 5) is 23.8. The molecular formula is C20H24N2O2S. The third-order valence-electron chi connectivity index (χ3n) is 3.74. The molecule has 2 N–H and O–H groups in total. The summed E-state index contributed by atoms with van der Waals surface area (Å²) in [5.74, 6) is 0.662. The minimum absolute atomic E-state index is 0.0452. The second-order valence-corrected chi connectivity index (χ2v) is 7.01. The van der Waals surface area contributed by atoms with Gasteiger partial charge in [0, 0.05) is 12.2 Å². The summed E-state index contributed by atoms with van der Waals surface area (Å²) in [6.07, 6.45) is 0. The number of thioether (sulfide) groups is 1. The minimum Gasteiger partial charge on any atom is -0.355 e. The molecule has 0 aromatic heterocycles. The van der Waals surface area contributed by atoms with Gasteiger partial charge in [0.2, 0.25) is 11.8 Å². The Morgan fingerprint density at radius 2 is 1.72 bits per heavy atom. The highest BCUT2D eigenvalue weighted by Gasteiger charge is 2.09. The molecule has 0 radical (unpaired) electrons. The zero-order valence-electron chi connectivity index (χ0n) is 14.6. The summed E-state index contributed by atoms with van der Waals surface area (Å²) in [6.45, 7) is 4.65. The summed E-state index contributed by atoms with van der Waals surface area (Å²) < 4.78 is 0. The second-order valence-electron chi connectivity index (χ2n) is 6.03. The Balaban J connectivity index is 1.64. The van der Waals surface area contributed by atoms with Gasteiger partial charge in [-0.1, -0.05) is 49.4 Å². The lowest BCUT2D eigenvalue weighted by molar-refractivity contribution is -0.118. The molecule has 4 nitrogen and oxygen atoms in total. The highest BCUT2D eigenvalue weighted by molar-refractivity contribution is 8.00. The number of aryl methyl sites for hydroxylation is 1. The average Bonchev–Trinajstić information content (AvgIpc) is 2.60. The Morgan fingerprint density at radius 3 is 2.44 bits per heavy atom. The first-order valence-electron chi connectivity index (χ1n) is 8.30. The monoisotopic (exact) mass is 356 g/mol. The molecule has 0 spiro atoms. The standard InChI is InChI=1S/C20H24N2O2S/c1-15-7-6-10-18(11-15)22-20(24)14-25-13-19(23)21-12-16(2)17-8-4-3-5-9-17/h3-11,16H,12-14H2,1-2H3,(H,21,23)(H,22,24). The zero-order chi connectivity index (χ0) is 18.1. The number of benzene rings is 2.